The van der Waals surface area contributed by atoms with Crippen molar-refractivity contribution in [2.45, 2.75) is 50.4 Å². The van der Waals surface area contributed by atoms with Crippen LogP contribution in [-0.4, -0.2) is 31.8 Å². The molecule has 8 nitrogen and oxygen atoms in total. The number of phenolic OH excluding ortho intramolecular Hbond substituents is 5. The lowest BCUT2D eigenvalue weighted by atomic mass is 9.78. The third-order valence-corrected chi connectivity index (χ3v) is 7.08. The fraction of sp³-hybridized carbons (Fsp3) is 0.308. The molecule has 0 aliphatic carbocycles. The van der Waals surface area contributed by atoms with E-state index in [0.717, 1.165) is 6.42 Å². The van der Waals surface area contributed by atoms with Gasteiger partial charge >= 0.3 is 0 Å². The molecule has 3 aliphatic rings. The third-order valence-electron chi connectivity index (χ3n) is 7.08. The van der Waals surface area contributed by atoms with Crippen molar-refractivity contribution in [1.29, 1.82) is 0 Å². The lowest BCUT2D eigenvalue weighted by Gasteiger charge is -2.41. The summed E-state index contributed by atoms with van der Waals surface area (Å²) in [6, 6.07) is 8.93. The minimum Gasteiger partial charge on any atom is -0.508 e. The molecule has 0 fully saturated rings. The quantitative estimate of drug-likeness (QED) is 0.340. The highest BCUT2D eigenvalue weighted by molar-refractivity contribution is 5.66. The minimum atomic E-state index is -0.640. The maximum atomic E-state index is 10.9. The van der Waals surface area contributed by atoms with E-state index < -0.39 is 12.4 Å². The number of phenols is 5. The summed E-state index contributed by atoms with van der Waals surface area (Å²) in [5.41, 5.74) is 2.63. The average Bonchev–Trinajstić information content (AvgIpc) is 2.79. The van der Waals surface area contributed by atoms with Crippen molar-refractivity contribution in [1.82, 2.24) is 0 Å². The Kier molecular flexibility index (Phi) is 4.42. The molecule has 2 bridgehead atoms. The van der Waals surface area contributed by atoms with E-state index in [1.165, 1.54) is 24.3 Å². The van der Waals surface area contributed by atoms with Crippen LogP contribution in [0.5, 0.6) is 46.0 Å². The smallest absolute Gasteiger partial charge is 0.242 e. The van der Waals surface area contributed by atoms with Gasteiger partial charge in [-0.25, -0.2) is 0 Å². The fourth-order valence-electron chi connectivity index (χ4n) is 5.51. The van der Waals surface area contributed by atoms with Crippen LogP contribution in [0.4, 0.5) is 0 Å². The zero-order chi connectivity index (χ0) is 23.7. The van der Waals surface area contributed by atoms with Crippen LogP contribution in [0.1, 0.15) is 66.4 Å². The van der Waals surface area contributed by atoms with E-state index in [9.17, 15) is 25.5 Å². The number of hydrogen-bond acceptors (Lipinski definition) is 8. The van der Waals surface area contributed by atoms with Crippen molar-refractivity contribution < 1.29 is 39.7 Å². The van der Waals surface area contributed by atoms with Crippen LogP contribution in [0.25, 0.3) is 0 Å². The summed E-state index contributed by atoms with van der Waals surface area (Å²) in [6.45, 7) is 2.04. The normalized spacial score (nSPS) is 24.0. The first kappa shape index (κ1) is 20.7. The van der Waals surface area contributed by atoms with Crippen LogP contribution < -0.4 is 14.2 Å². The third kappa shape index (κ3) is 2.98. The van der Waals surface area contributed by atoms with Gasteiger partial charge in [0, 0.05) is 47.2 Å². The van der Waals surface area contributed by atoms with Gasteiger partial charge in [0.1, 0.15) is 40.6 Å². The van der Waals surface area contributed by atoms with Crippen LogP contribution in [-0.2, 0) is 0 Å². The van der Waals surface area contributed by atoms with Gasteiger partial charge in [-0.3, -0.25) is 0 Å². The predicted molar refractivity (Wildman–Crippen MR) is 120 cm³/mol. The van der Waals surface area contributed by atoms with Crippen LogP contribution in [0, 0.1) is 0 Å². The second-order valence-corrected chi connectivity index (χ2v) is 9.08. The summed E-state index contributed by atoms with van der Waals surface area (Å²) in [5.74, 6) is 0.323. The second-order valence-electron chi connectivity index (χ2n) is 9.08. The summed E-state index contributed by atoms with van der Waals surface area (Å²) < 4.78 is 18.4. The van der Waals surface area contributed by atoms with Crippen LogP contribution in [0.3, 0.4) is 0 Å². The van der Waals surface area contributed by atoms with E-state index in [-0.39, 0.29) is 40.6 Å². The molecule has 4 atom stereocenters. The second kappa shape index (κ2) is 7.28. The highest BCUT2D eigenvalue weighted by Crippen LogP contribution is 2.60. The maximum Gasteiger partial charge on any atom is 0.242 e. The van der Waals surface area contributed by atoms with Gasteiger partial charge < -0.3 is 39.7 Å². The molecule has 8 heteroatoms. The Hall–Kier alpha value is -3.94. The first-order valence-corrected chi connectivity index (χ1v) is 11.3. The maximum absolute atomic E-state index is 10.9. The van der Waals surface area contributed by atoms with E-state index in [1.807, 2.05) is 6.92 Å². The largest absolute Gasteiger partial charge is 0.508 e. The Morgan fingerprint density at radius 2 is 1.47 bits per heavy atom. The SMILES string of the molecule is CCC1CC(c2ccc(O)c(O)c2)Oc2c1c(O)cc1c2[C@@H]2C[C@@H](Oc3cc(O)cc(O)c32)O1. The molecule has 34 heavy (non-hydrogen) atoms. The van der Waals surface area contributed by atoms with Crippen LogP contribution in [0.2, 0.25) is 0 Å². The molecule has 2 unspecified atom stereocenters. The number of rotatable bonds is 2. The Bertz CT molecular complexity index is 1320. The molecule has 3 aromatic carbocycles. The van der Waals surface area contributed by atoms with Gasteiger partial charge in [0.25, 0.3) is 0 Å². The molecule has 3 aromatic rings. The molecular weight excluding hydrogens is 440 g/mol. The van der Waals surface area contributed by atoms with Crippen LogP contribution in [0.15, 0.2) is 36.4 Å². The number of fused-ring (bicyclic) bond motifs is 8. The Balaban J connectivity index is 1.54. The number of hydrogen-bond donors (Lipinski definition) is 5. The van der Waals surface area contributed by atoms with Crippen molar-refractivity contribution in [2.75, 3.05) is 0 Å². The first-order chi connectivity index (χ1) is 16.3. The van der Waals surface area contributed by atoms with E-state index in [2.05, 4.69) is 0 Å². The van der Waals surface area contributed by atoms with E-state index in [4.69, 9.17) is 14.2 Å². The summed E-state index contributed by atoms with van der Waals surface area (Å²) in [5, 5.41) is 51.4. The van der Waals surface area contributed by atoms with Gasteiger partial charge in [0.2, 0.25) is 6.29 Å². The molecule has 5 N–H and O–H groups in total. The first-order valence-electron chi connectivity index (χ1n) is 11.3. The standard InChI is InChI=1S/C26H24O8/c1-2-11-6-19(12-3-4-15(28)16(29)5-12)34-26-23(11)18(31)10-21-25(26)14-9-22(33-21)32-20-8-13(27)7-17(30)24(14)20/h3-5,7-8,10-11,14,19,22,27-31H,2,6,9H2,1H3/t11?,14-,19?,22+/m1/s1. The molecule has 0 saturated heterocycles. The van der Waals surface area contributed by atoms with Gasteiger partial charge in [-0.15, -0.1) is 0 Å². The monoisotopic (exact) mass is 464 g/mol. The van der Waals surface area contributed by atoms with Crippen molar-refractivity contribution >= 4 is 0 Å². The van der Waals surface area contributed by atoms with Crippen molar-refractivity contribution in [3.63, 3.8) is 0 Å². The van der Waals surface area contributed by atoms with Crippen molar-refractivity contribution in [3.05, 3.63) is 58.7 Å². The molecule has 3 aliphatic heterocycles. The Morgan fingerprint density at radius 1 is 0.735 bits per heavy atom. The van der Waals surface area contributed by atoms with Crippen molar-refractivity contribution in [2.24, 2.45) is 0 Å². The van der Waals surface area contributed by atoms with Gasteiger partial charge in [-0.2, -0.15) is 0 Å². The predicted octanol–water partition coefficient (Wildman–Crippen LogP) is 4.86. The summed E-state index contributed by atoms with van der Waals surface area (Å²) in [7, 11) is 0. The molecule has 3 heterocycles. The zero-order valence-electron chi connectivity index (χ0n) is 18.4. The van der Waals surface area contributed by atoms with Crippen LogP contribution >= 0.6 is 0 Å². The molecular formula is C26H24O8. The molecule has 0 saturated carbocycles. The number of ether oxygens (including phenoxy) is 3. The topological polar surface area (TPSA) is 129 Å². The minimum absolute atomic E-state index is 0.0274. The van der Waals surface area contributed by atoms with Gasteiger partial charge in [-0.05, 0) is 36.5 Å². The average molecular weight is 464 g/mol. The summed E-state index contributed by atoms with van der Waals surface area (Å²) >= 11 is 0. The molecule has 176 valence electrons. The molecule has 0 amide bonds. The fourth-order valence-corrected chi connectivity index (χ4v) is 5.51. The molecule has 6 rings (SSSR count). The Morgan fingerprint density at radius 3 is 2.21 bits per heavy atom. The molecule has 0 radical (unpaired) electrons. The lowest BCUT2D eigenvalue weighted by Crippen LogP contribution is -2.36. The van der Waals surface area contributed by atoms with Gasteiger partial charge in [0.05, 0.1) is 0 Å². The zero-order valence-corrected chi connectivity index (χ0v) is 18.4. The summed E-state index contributed by atoms with van der Waals surface area (Å²) in [6.07, 6.45) is 0.684. The highest BCUT2D eigenvalue weighted by Gasteiger charge is 2.44. The lowest BCUT2D eigenvalue weighted by molar-refractivity contribution is -0.0284. The van der Waals surface area contributed by atoms with Gasteiger partial charge in [0.15, 0.2) is 11.5 Å². The van der Waals surface area contributed by atoms with Gasteiger partial charge in [-0.1, -0.05) is 13.0 Å². The van der Waals surface area contributed by atoms with Crippen molar-refractivity contribution in [3.8, 4) is 46.0 Å². The number of benzene rings is 3. The van der Waals surface area contributed by atoms with E-state index >= 15 is 0 Å². The molecule has 0 aromatic heterocycles. The van der Waals surface area contributed by atoms with E-state index in [1.54, 1.807) is 12.1 Å². The highest BCUT2D eigenvalue weighted by atomic mass is 16.7. The Labute approximate surface area is 195 Å². The van der Waals surface area contributed by atoms with E-state index in [0.29, 0.717) is 52.3 Å². The summed E-state index contributed by atoms with van der Waals surface area (Å²) in [4.78, 5) is 0. The molecule has 0 spiro atoms. The number of aromatic hydroxyl groups is 5.